The molecule has 0 spiro atoms. The first-order chi connectivity index (χ1) is 14.3. The Kier molecular flexibility index (Phi) is 4.11. The summed E-state index contributed by atoms with van der Waals surface area (Å²) in [5.41, 5.74) is 5.93. The molecule has 1 fully saturated rings. The van der Waals surface area contributed by atoms with Crippen LogP contribution in [0.15, 0.2) is 53.5 Å². The Morgan fingerprint density at radius 1 is 1.00 bits per heavy atom. The van der Waals surface area contributed by atoms with Crippen molar-refractivity contribution in [1.82, 2.24) is 15.3 Å². The zero-order valence-electron chi connectivity index (χ0n) is 15.5. The summed E-state index contributed by atoms with van der Waals surface area (Å²) in [5, 5.41) is 11.3. The predicted molar refractivity (Wildman–Crippen MR) is 122 cm³/mol. The lowest BCUT2D eigenvalue weighted by Gasteiger charge is -2.12. The van der Waals surface area contributed by atoms with Gasteiger partial charge in [-0.05, 0) is 49.4 Å². The lowest BCUT2D eigenvalue weighted by Crippen LogP contribution is -2.19. The average Bonchev–Trinajstić information content (AvgIpc) is 3.49. The quantitative estimate of drug-likeness (QED) is 0.401. The van der Waals surface area contributed by atoms with Crippen molar-refractivity contribution in [2.75, 3.05) is 18.4 Å². The van der Waals surface area contributed by atoms with Gasteiger partial charge in [0.1, 0.15) is 11.9 Å². The van der Waals surface area contributed by atoms with Gasteiger partial charge in [-0.15, -0.1) is 22.7 Å². The SMILES string of the molecule is c1cc(Nc2ccc3scnc3c2)c2cc3scc(OC4CCNC4)c3cc2n1. The molecule has 29 heavy (non-hydrogen) atoms. The lowest BCUT2D eigenvalue weighted by molar-refractivity contribution is 0.227. The second-order valence-electron chi connectivity index (χ2n) is 7.22. The molecule has 0 radical (unpaired) electrons. The summed E-state index contributed by atoms with van der Waals surface area (Å²) in [6.07, 6.45) is 3.16. The second-order valence-corrected chi connectivity index (χ2v) is 9.01. The van der Waals surface area contributed by atoms with Crippen LogP contribution >= 0.6 is 22.7 Å². The van der Waals surface area contributed by atoms with E-state index in [0.29, 0.717) is 0 Å². The fraction of sp³-hybridized carbons (Fsp3) is 0.182. The third kappa shape index (κ3) is 3.11. The second kappa shape index (κ2) is 6.95. The van der Waals surface area contributed by atoms with Gasteiger partial charge >= 0.3 is 0 Å². The summed E-state index contributed by atoms with van der Waals surface area (Å²) in [7, 11) is 0. The molecule has 5 nitrogen and oxygen atoms in total. The summed E-state index contributed by atoms with van der Waals surface area (Å²) >= 11 is 3.38. The molecule has 1 aliphatic heterocycles. The van der Waals surface area contributed by atoms with Gasteiger partial charge in [0.2, 0.25) is 0 Å². The van der Waals surface area contributed by atoms with Crippen molar-refractivity contribution in [2.24, 2.45) is 0 Å². The molecule has 0 aliphatic carbocycles. The first-order valence-corrected chi connectivity index (χ1v) is 11.4. The number of rotatable bonds is 4. The number of ether oxygens (including phenoxy) is 1. The van der Waals surface area contributed by atoms with Gasteiger partial charge in [0, 0.05) is 45.0 Å². The van der Waals surface area contributed by atoms with E-state index < -0.39 is 0 Å². The maximum Gasteiger partial charge on any atom is 0.138 e. The minimum Gasteiger partial charge on any atom is -0.488 e. The molecule has 2 aromatic carbocycles. The number of pyridine rings is 1. The van der Waals surface area contributed by atoms with Crippen molar-refractivity contribution in [3.8, 4) is 5.75 Å². The molecule has 6 rings (SSSR count). The maximum atomic E-state index is 6.24. The van der Waals surface area contributed by atoms with Crippen LogP contribution in [0.25, 0.3) is 31.2 Å². The number of anilines is 2. The number of hydrogen-bond acceptors (Lipinski definition) is 7. The molecule has 1 aliphatic rings. The Bertz CT molecular complexity index is 1340. The predicted octanol–water partition coefficient (Wildman–Crippen LogP) is 5.54. The van der Waals surface area contributed by atoms with E-state index in [4.69, 9.17) is 4.74 Å². The summed E-state index contributed by atoms with van der Waals surface area (Å²) in [4.78, 5) is 9.03. The molecule has 144 valence electrons. The molecule has 0 bridgehead atoms. The van der Waals surface area contributed by atoms with Gasteiger partial charge < -0.3 is 15.4 Å². The molecule has 1 atom stereocenters. The fourth-order valence-electron chi connectivity index (χ4n) is 3.84. The summed E-state index contributed by atoms with van der Waals surface area (Å²) < 4.78 is 8.64. The Balaban J connectivity index is 1.39. The van der Waals surface area contributed by atoms with Gasteiger partial charge in [-0.1, -0.05) is 0 Å². The zero-order valence-corrected chi connectivity index (χ0v) is 17.1. The Hall–Kier alpha value is -2.74. The number of thiophene rings is 1. The van der Waals surface area contributed by atoms with Crippen LogP contribution in [0.2, 0.25) is 0 Å². The van der Waals surface area contributed by atoms with Gasteiger partial charge in [0.25, 0.3) is 0 Å². The molecule has 5 aromatic rings. The van der Waals surface area contributed by atoms with E-state index in [1.807, 2.05) is 17.8 Å². The molecule has 1 saturated heterocycles. The summed E-state index contributed by atoms with van der Waals surface area (Å²) in [5.74, 6) is 0.967. The third-order valence-corrected chi connectivity index (χ3v) is 7.05. The van der Waals surface area contributed by atoms with E-state index in [2.05, 4.69) is 56.3 Å². The van der Waals surface area contributed by atoms with Crippen LogP contribution < -0.4 is 15.4 Å². The van der Waals surface area contributed by atoms with Crippen LogP contribution in [0.3, 0.4) is 0 Å². The van der Waals surface area contributed by atoms with Crippen molar-refractivity contribution in [3.05, 3.63) is 53.5 Å². The number of nitrogens with one attached hydrogen (secondary N) is 2. The number of thiazole rings is 1. The standard InChI is InChI=1S/C22H18N4OS2/c1-2-21-19(25-12-29-21)7-13(1)26-17-4-6-24-18-8-16-20(27-14-3-5-23-10-14)11-28-22(16)9-15(17)18/h1-2,4,6-9,11-12,14,23H,3,5,10H2,(H,24,26). The summed E-state index contributed by atoms with van der Waals surface area (Å²) in [6, 6.07) is 12.7. The first kappa shape index (κ1) is 17.1. The van der Waals surface area contributed by atoms with Crippen molar-refractivity contribution >= 4 is 65.3 Å². The van der Waals surface area contributed by atoms with Gasteiger partial charge in [-0.25, -0.2) is 4.98 Å². The van der Waals surface area contributed by atoms with Crippen LogP contribution in [0.1, 0.15) is 6.42 Å². The minimum absolute atomic E-state index is 0.255. The smallest absolute Gasteiger partial charge is 0.138 e. The van der Waals surface area contributed by atoms with Crippen LogP contribution in [-0.2, 0) is 0 Å². The van der Waals surface area contributed by atoms with Crippen molar-refractivity contribution < 1.29 is 4.74 Å². The molecule has 4 heterocycles. The number of benzene rings is 2. The topological polar surface area (TPSA) is 59.1 Å². The number of fused-ring (bicyclic) bond motifs is 3. The molecule has 7 heteroatoms. The van der Waals surface area contributed by atoms with Gasteiger partial charge in [0.15, 0.2) is 0 Å². The van der Waals surface area contributed by atoms with E-state index in [1.54, 1.807) is 22.7 Å². The van der Waals surface area contributed by atoms with Crippen molar-refractivity contribution in [2.45, 2.75) is 12.5 Å². The highest BCUT2D eigenvalue weighted by Gasteiger charge is 2.18. The molecule has 2 N–H and O–H groups in total. The highest BCUT2D eigenvalue weighted by molar-refractivity contribution is 7.17. The van der Waals surface area contributed by atoms with Crippen LogP contribution in [0.4, 0.5) is 11.4 Å². The highest BCUT2D eigenvalue weighted by Crippen LogP contribution is 2.38. The van der Waals surface area contributed by atoms with E-state index >= 15 is 0 Å². The highest BCUT2D eigenvalue weighted by atomic mass is 32.1. The van der Waals surface area contributed by atoms with E-state index in [9.17, 15) is 0 Å². The monoisotopic (exact) mass is 418 g/mol. The van der Waals surface area contributed by atoms with Crippen LogP contribution in [0, 0.1) is 0 Å². The minimum atomic E-state index is 0.255. The number of nitrogens with zero attached hydrogens (tertiary/aromatic N) is 2. The van der Waals surface area contributed by atoms with Crippen LogP contribution in [0.5, 0.6) is 5.75 Å². The number of aromatic nitrogens is 2. The Morgan fingerprint density at radius 2 is 2.00 bits per heavy atom. The van der Waals surface area contributed by atoms with Gasteiger partial charge in [-0.3, -0.25) is 4.98 Å². The normalized spacial score (nSPS) is 16.8. The molecule has 1 unspecified atom stereocenters. The first-order valence-electron chi connectivity index (χ1n) is 9.61. The van der Waals surface area contributed by atoms with Crippen molar-refractivity contribution in [1.29, 1.82) is 0 Å². The van der Waals surface area contributed by atoms with Gasteiger partial charge in [-0.2, -0.15) is 0 Å². The maximum absolute atomic E-state index is 6.24. The molecular formula is C22H18N4OS2. The van der Waals surface area contributed by atoms with Crippen molar-refractivity contribution in [3.63, 3.8) is 0 Å². The molecule has 3 aromatic heterocycles. The van der Waals surface area contributed by atoms with E-state index in [-0.39, 0.29) is 6.10 Å². The van der Waals surface area contributed by atoms with E-state index in [0.717, 1.165) is 58.4 Å². The largest absolute Gasteiger partial charge is 0.488 e. The molecule has 0 amide bonds. The molecular weight excluding hydrogens is 400 g/mol. The zero-order chi connectivity index (χ0) is 19.2. The van der Waals surface area contributed by atoms with Gasteiger partial charge in [0.05, 0.1) is 21.2 Å². The van der Waals surface area contributed by atoms with E-state index in [1.165, 1.54) is 9.40 Å². The Labute approximate surface area is 175 Å². The average molecular weight is 419 g/mol. The Morgan fingerprint density at radius 3 is 2.93 bits per heavy atom. The van der Waals surface area contributed by atoms with Crippen LogP contribution in [-0.4, -0.2) is 29.2 Å². The summed E-state index contributed by atoms with van der Waals surface area (Å²) in [6.45, 7) is 1.94. The number of hydrogen-bond donors (Lipinski definition) is 2. The lowest BCUT2D eigenvalue weighted by atomic mass is 10.1. The fourth-order valence-corrected chi connectivity index (χ4v) is 5.39. The third-order valence-electron chi connectivity index (χ3n) is 5.32. The molecule has 0 saturated carbocycles.